The monoisotopic (exact) mass is 236 g/mol. The quantitative estimate of drug-likeness (QED) is 0.723. The number of nitrogens with one attached hydrogen (secondary N) is 1. The lowest BCUT2D eigenvalue weighted by Gasteiger charge is -2.12. The van der Waals surface area contributed by atoms with Gasteiger partial charge < -0.3 is 16.2 Å². The highest BCUT2D eigenvalue weighted by atomic mass is 16.3. The zero-order valence-electron chi connectivity index (χ0n) is 10.4. The van der Waals surface area contributed by atoms with Gasteiger partial charge in [-0.2, -0.15) is 0 Å². The number of phenolic OH excluding ortho intramolecular Hbond substituents is 1. The van der Waals surface area contributed by atoms with Crippen LogP contribution in [0.2, 0.25) is 0 Å². The van der Waals surface area contributed by atoms with Crippen LogP contribution < -0.4 is 11.1 Å². The largest absolute Gasteiger partial charge is 0.508 e. The molecule has 17 heavy (non-hydrogen) atoms. The number of amides is 1. The first kappa shape index (κ1) is 13.5. The molecule has 0 fully saturated rings. The Kier molecular flexibility index (Phi) is 4.97. The van der Waals surface area contributed by atoms with Gasteiger partial charge in [0.2, 0.25) is 0 Å². The molecule has 1 atom stereocenters. The predicted octanol–water partition coefficient (Wildman–Crippen LogP) is 1.42. The molecule has 94 valence electrons. The number of carbonyl (C=O) groups is 1. The fraction of sp³-hybridized carbons (Fsp3) is 0.462. The second kappa shape index (κ2) is 6.25. The number of nitrogens with two attached hydrogens (primary N) is 1. The Bertz CT molecular complexity index is 391. The molecule has 0 radical (unpaired) electrons. The first-order valence-electron chi connectivity index (χ1n) is 5.82. The molecule has 0 aliphatic rings. The molecular weight excluding hydrogens is 216 g/mol. The molecule has 0 aliphatic carbocycles. The minimum atomic E-state index is -0.105. The first-order chi connectivity index (χ1) is 8.04. The Morgan fingerprint density at radius 2 is 2.24 bits per heavy atom. The minimum Gasteiger partial charge on any atom is -0.508 e. The third kappa shape index (κ3) is 4.07. The summed E-state index contributed by atoms with van der Waals surface area (Å²) in [6.45, 7) is 5.11. The molecular formula is C13H20N2O2. The molecule has 0 spiro atoms. The molecule has 1 unspecified atom stereocenters. The summed E-state index contributed by atoms with van der Waals surface area (Å²) in [5.41, 5.74) is 6.82. The van der Waals surface area contributed by atoms with E-state index in [-0.39, 0.29) is 11.7 Å². The van der Waals surface area contributed by atoms with E-state index in [2.05, 4.69) is 12.2 Å². The maximum absolute atomic E-state index is 11.9. The van der Waals surface area contributed by atoms with E-state index in [1.54, 1.807) is 19.1 Å². The molecule has 1 aromatic rings. The van der Waals surface area contributed by atoms with Crippen LogP contribution in [0.5, 0.6) is 5.75 Å². The van der Waals surface area contributed by atoms with Crippen LogP contribution in [-0.4, -0.2) is 24.1 Å². The highest BCUT2D eigenvalue weighted by Crippen LogP contribution is 2.15. The summed E-state index contributed by atoms with van der Waals surface area (Å²) in [6.07, 6.45) is 0.898. The molecule has 0 saturated heterocycles. The zero-order valence-corrected chi connectivity index (χ0v) is 10.4. The minimum absolute atomic E-state index is 0.105. The summed E-state index contributed by atoms with van der Waals surface area (Å²) < 4.78 is 0. The number of benzene rings is 1. The number of rotatable bonds is 5. The van der Waals surface area contributed by atoms with Crippen LogP contribution in [-0.2, 0) is 0 Å². The first-order valence-corrected chi connectivity index (χ1v) is 5.82. The summed E-state index contributed by atoms with van der Waals surface area (Å²) >= 11 is 0. The van der Waals surface area contributed by atoms with Gasteiger partial charge in [-0.3, -0.25) is 4.79 Å². The summed E-state index contributed by atoms with van der Waals surface area (Å²) in [6, 6.07) is 4.73. The Balaban J connectivity index is 2.58. The Morgan fingerprint density at radius 3 is 2.82 bits per heavy atom. The van der Waals surface area contributed by atoms with Gasteiger partial charge in [-0.15, -0.1) is 0 Å². The van der Waals surface area contributed by atoms with Gasteiger partial charge in [-0.05, 0) is 49.6 Å². The SMILES string of the molecule is Cc1cc(O)ccc1C(=O)NCC(C)CCN. The number of aromatic hydroxyl groups is 1. The van der Waals surface area contributed by atoms with Crippen molar-refractivity contribution >= 4 is 5.91 Å². The van der Waals surface area contributed by atoms with Crippen molar-refractivity contribution in [3.8, 4) is 5.75 Å². The van der Waals surface area contributed by atoms with Gasteiger partial charge in [0.15, 0.2) is 0 Å². The van der Waals surface area contributed by atoms with Crippen molar-refractivity contribution in [3.05, 3.63) is 29.3 Å². The van der Waals surface area contributed by atoms with E-state index in [1.165, 1.54) is 6.07 Å². The van der Waals surface area contributed by atoms with E-state index in [0.717, 1.165) is 12.0 Å². The highest BCUT2D eigenvalue weighted by molar-refractivity contribution is 5.95. The molecule has 0 aromatic heterocycles. The van der Waals surface area contributed by atoms with Crippen LogP contribution >= 0.6 is 0 Å². The average Bonchev–Trinajstić information content (AvgIpc) is 2.26. The van der Waals surface area contributed by atoms with Crippen molar-refractivity contribution in [3.63, 3.8) is 0 Å². The van der Waals surface area contributed by atoms with Crippen molar-refractivity contribution < 1.29 is 9.90 Å². The van der Waals surface area contributed by atoms with Gasteiger partial charge in [0, 0.05) is 12.1 Å². The summed E-state index contributed by atoms with van der Waals surface area (Å²) in [5.74, 6) is 0.447. The van der Waals surface area contributed by atoms with Crippen molar-refractivity contribution in [2.75, 3.05) is 13.1 Å². The Labute approximate surface area is 102 Å². The van der Waals surface area contributed by atoms with E-state index >= 15 is 0 Å². The van der Waals surface area contributed by atoms with Gasteiger partial charge in [-0.25, -0.2) is 0 Å². The van der Waals surface area contributed by atoms with Crippen molar-refractivity contribution in [1.29, 1.82) is 0 Å². The molecule has 4 nitrogen and oxygen atoms in total. The van der Waals surface area contributed by atoms with Gasteiger partial charge in [-0.1, -0.05) is 6.92 Å². The standard InChI is InChI=1S/C13H20N2O2/c1-9(5-6-14)8-15-13(17)12-4-3-11(16)7-10(12)2/h3-4,7,9,16H,5-6,8,14H2,1-2H3,(H,15,17). The van der Waals surface area contributed by atoms with Crippen LogP contribution in [0.15, 0.2) is 18.2 Å². The van der Waals surface area contributed by atoms with E-state index in [4.69, 9.17) is 5.73 Å². The molecule has 0 heterocycles. The molecule has 1 amide bonds. The Hall–Kier alpha value is -1.55. The second-order valence-electron chi connectivity index (χ2n) is 4.39. The van der Waals surface area contributed by atoms with Crippen molar-refractivity contribution in [2.24, 2.45) is 11.7 Å². The second-order valence-corrected chi connectivity index (χ2v) is 4.39. The van der Waals surface area contributed by atoms with Crippen molar-refractivity contribution in [1.82, 2.24) is 5.32 Å². The number of aryl methyl sites for hydroxylation is 1. The van der Waals surface area contributed by atoms with E-state index < -0.39 is 0 Å². The van der Waals surface area contributed by atoms with Gasteiger partial charge in [0.1, 0.15) is 5.75 Å². The summed E-state index contributed by atoms with van der Waals surface area (Å²) in [4.78, 5) is 11.9. The smallest absolute Gasteiger partial charge is 0.251 e. The number of carbonyl (C=O) groups excluding carboxylic acids is 1. The Morgan fingerprint density at radius 1 is 1.53 bits per heavy atom. The molecule has 0 aliphatic heterocycles. The third-order valence-corrected chi connectivity index (χ3v) is 2.73. The molecule has 0 bridgehead atoms. The molecule has 4 N–H and O–H groups in total. The summed E-state index contributed by atoms with van der Waals surface area (Å²) in [7, 11) is 0. The fourth-order valence-corrected chi connectivity index (χ4v) is 1.65. The average molecular weight is 236 g/mol. The molecule has 4 heteroatoms. The van der Waals surface area contributed by atoms with E-state index in [0.29, 0.717) is 24.6 Å². The molecule has 1 aromatic carbocycles. The van der Waals surface area contributed by atoms with Crippen LogP contribution in [0.4, 0.5) is 0 Å². The zero-order chi connectivity index (χ0) is 12.8. The maximum Gasteiger partial charge on any atom is 0.251 e. The lowest BCUT2D eigenvalue weighted by molar-refractivity contribution is 0.0947. The van der Waals surface area contributed by atoms with Gasteiger partial charge >= 0.3 is 0 Å². The van der Waals surface area contributed by atoms with Gasteiger partial charge in [0.05, 0.1) is 0 Å². The van der Waals surface area contributed by atoms with Crippen LogP contribution in [0, 0.1) is 12.8 Å². The lowest BCUT2D eigenvalue weighted by Crippen LogP contribution is -2.29. The van der Waals surface area contributed by atoms with Crippen molar-refractivity contribution in [2.45, 2.75) is 20.3 Å². The topological polar surface area (TPSA) is 75.3 Å². The number of hydrogen-bond acceptors (Lipinski definition) is 3. The highest BCUT2D eigenvalue weighted by Gasteiger charge is 2.10. The van der Waals surface area contributed by atoms with Gasteiger partial charge in [0.25, 0.3) is 5.91 Å². The third-order valence-electron chi connectivity index (χ3n) is 2.73. The molecule has 1 rings (SSSR count). The van der Waals surface area contributed by atoms with E-state index in [1.807, 2.05) is 0 Å². The van der Waals surface area contributed by atoms with Crippen LogP contribution in [0.1, 0.15) is 29.3 Å². The lowest BCUT2D eigenvalue weighted by atomic mass is 10.1. The normalized spacial score (nSPS) is 12.2. The van der Waals surface area contributed by atoms with Crippen LogP contribution in [0.25, 0.3) is 0 Å². The maximum atomic E-state index is 11.9. The summed E-state index contributed by atoms with van der Waals surface area (Å²) in [5, 5.41) is 12.1. The predicted molar refractivity (Wildman–Crippen MR) is 68.0 cm³/mol. The number of hydrogen-bond donors (Lipinski definition) is 3. The molecule has 0 saturated carbocycles. The van der Waals surface area contributed by atoms with E-state index in [9.17, 15) is 9.90 Å². The fourth-order valence-electron chi connectivity index (χ4n) is 1.65. The number of phenols is 1. The van der Waals surface area contributed by atoms with Crippen LogP contribution in [0.3, 0.4) is 0 Å².